The molecule has 0 spiro atoms. The van der Waals surface area contributed by atoms with Crippen LogP contribution in [-0.4, -0.2) is 61.1 Å². The van der Waals surface area contributed by atoms with Gasteiger partial charge in [0.05, 0.1) is 0 Å². The van der Waals surface area contributed by atoms with Gasteiger partial charge in [-0.3, -0.25) is 0 Å². The van der Waals surface area contributed by atoms with Crippen molar-refractivity contribution in [1.82, 2.24) is 8.61 Å². The average molecular weight is 329 g/mol. The van der Waals surface area contributed by atoms with E-state index < -0.39 is 10.2 Å². The predicted molar refractivity (Wildman–Crippen MR) is 84.2 cm³/mol. The number of halogens is 1. The van der Waals surface area contributed by atoms with Gasteiger partial charge in [0.15, 0.2) is 0 Å². The van der Waals surface area contributed by atoms with Gasteiger partial charge in [-0.25, -0.2) is 0 Å². The van der Waals surface area contributed by atoms with Gasteiger partial charge >= 0.3 is 0 Å². The van der Waals surface area contributed by atoms with E-state index in [-0.39, 0.29) is 6.04 Å². The fourth-order valence-corrected chi connectivity index (χ4v) is 4.66. The van der Waals surface area contributed by atoms with E-state index in [0.29, 0.717) is 24.9 Å². The maximum Gasteiger partial charge on any atom is 0.281 e. The molecule has 0 saturated carbocycles. The van der Waals surface area contributed by atoms with Gasteiger partial charge in [-0.1, -0.05) is 0 Å². The number of alkyl halides is 1. The predicted octanol–water partition coefficient (Wildman–Crippen LogP) is 2.26. The Hall–Kier alpha value is 0.510. The van der Waals surface area contributed by atoms with Gasteiger partial charge in [-0.15, -0.1) is 11.6 Å². The Bertz CT molecular complexity index is 349. The first-order valence-corrected chi connectivity index (χ1v) is 10.0. The molecule has 0 aromatic heterocycles. The van der Waals surface area contributed by atoms with Crippen molar-refractivity contribution in [2.24, 2.45) is 5.92 Å². The van der Waals surface area contributed by atoms with Crippen LogP contribution in [0.5, 0.6) is 0 Å². The van der Waals surface area contributed by atoms with E-state index >= 15 is 0 Å². The highest BCUT2D eigenvalue weighted by Gasteiger charge is 2.32. The summed E-state index contributed by atoms with van der Waals surface area (Å²) in [6, 6.07) is 0.0446. The molecule has 1 heterocycles. The van der Waals surface area contributed by atoms with E-state index in [0.717, 1.165) is 25.0 Å². The fourth-order valence-electron chi connectivity index (χ4n) is 2.17. The molecule has 114 valence electrons. The van der Waals surface area contributed by atoms with E-state index in [1.165, 1.54) is 4.31 Å². The van der Waals surface area contributed by atoms with E-state index in [4.69, 9.17) is 11.6 Å². The third-order valence-corrected chi connectivity index (χ3v) is 7.03. The lowest BCUT2D eigenvalue weighted by molar-refractivity contribution is 0.261. The van der Waals surface area contributed by atoms with E-state index in [2.05, 4.69) is 0 Å². The molecule has 0 bridgehead atoms. The Morgan fingerprint density at radius 1 is 1.42 bits per heavy atom. The molecule has 1 rings (SSSR count). The maximum atomic E-state index is 12.5. The summed E-state index contributed by atoms with van der Waals surface area (Å²) < 4.78 is 28.1. The summed E-state index contributed by atoms with van der Waals surface area (Å²) in [5.74, 6) is 2.08. The largest absolute Gasteiger partial charge is 0.281 e. The first kappa shape index (κ1) is 17.6. The molecule has 0 radical (unpaired) electrons. The van der Waals surface area contributed by atoms with Crippen molar-refractivity contribution in [1.29, 1.82) is 0 Å². The molecule has 7 heteroatoms. The lowest BCUT2D eigenvalue weighted by Gasteiger charge is -2.35. The Kier molecular flexibility index (Phi) is 7.46. The van der Waals surface area contributed by atoms with Crippen LogP contribution in [0.2, 0.25) is 0 Å². The Morgan fingerprint density at radius 2 is 2.00 bits per heavy atom. The molecular weight excluding hydrogens is 304 g/mol. The molecule has 19 heavy (non-hydrogen) atoms. The number of piperidine rings is 1. The van der Waals surface area contributed by atoms with Crippen molar-refractivity contribution < 1.29 is 8.42 Å². The highest BCUT2D eigenvalue weighted by atomic mass is 35.5. The maximum absolute atomic E-state index is 12.5. The minimum atomic E-state index is -3.31. The molecule has 0 amide bonds. The van der Waals surface area contributed by atoms with Crippen molar-refractivity contribution in [3.8, 4) is 0 Å². The Morgan fingerprint density at radius 3 is 2.47 bits per heavy atom. The SMILES string of the molecule is CSCCC(C)N(C)S(=O)(=O)N1CCC(CCl)CC1. The van der Waals surface area contributed by atoms with E-state index in [1.54, 1.807) is 23.1 Å². The topological polar surface area (TPSA) is 40.6 Å². The normalized spacial score (nSPS) is 20.9. The number of nitrogens with zero attached hydrogens (tertiary/aromatic N) is 2. The molecule has 1 aliphatic rings. The summed E-state index contributed by atoms with van der Waals surface area (Å²) in [6.07, 6.45) is 4.67. The zero-order valence-corrected chi connectivity index (χ0v) is 14.4. The summed E-state index contributed by atoms with van der Waals surface area (Å²) in [5.41, 5.74) is 0. The average Bonchev–Trinajstić information content (AvgIpc) is 2.43. The van der Waals surface area contributed by atoms with Crippen molar-refractivity contribution in [3.05, 3.63) is 0 Å². The van der Waals surface area contributed by atoms with Gasteiger partial charge in [-0.05, 0) is 44.1 Å². The van der Waals surface area contributed by atoms with Gasteiger partial charge in [0.25, 0.3) is 10.2 Å². The molecule has 1 aliphatic heterocycles. The van der Waals surface area contributed by atoms with Crippen LogP contribution < -0.4 is 0 Å². The monoisotopic (exact) mass is 328 g/mol. The summed E-state index contributed by atoms with van der Waals surface area (Å²) in [6.45, 7) is 3.16. The van der Waals surface area contributed by atoms with Crippen LogP contribution in [0.3, 0.4) is 0 Å². The third-order valence-electron chi connectivity index (χ3n) is 3.84. The second-order valence-electron chi connectivity index (χ2n) is 5.15. The number of hydrogen-bond acceptors (Lipinski definition) is 3. The standard InChI is InChI=1S/C12H25ClN2O2S2/c1-11(6-9-18-3)14(2)19(16,17)15-7-4-12(10-13)5-8-15/h11-12H,4-10H2,1-3H3. The Balaban J connectivity index is 2.59. The first-order chi connectivity index (χ1) is 8.93. The smallest absolute Gasteiger partial charge is 0.195 e. The summed E-state index contributed by atoms with van der Waals surface area (Å²) in [5, 5.41) is 0. The molecule has 0 aromatic carbocycles. The zero-order chi connectivity index (χ0) is 14.5. The molecule has 0 aromatic rings. The van der Waals surface area contributed by atoms with Crippen molar-refractivity contribution in [2.45, 2.75) is 32.2 Å². The highest BCUT2D eigenvalue weighted by molar-refractivity contribution is 7.98. The van der Waals surface area contributed by atoms with Crippen LogP contribution in [0.4, 0.5) is 0 Å². The Labute approximate surface area is 127 Å². The van der Waals surface area contributed by atoms with Crippen LogP contribution in [0, 0.1) is 5.92 Å². The van der Waals surface area contributed by atoms with E-state index in [1.807, 2.05) is 13.2 Å². The number of thioether (sulfide) groups is 1. The third kappa shape index (κ3) is 4.77. The summed E-state index contributed by atoms with van der Waals surface area (Å²) >= 11 is 7.58. The molecular formula is C12H25ClN2O2S2. The van der Waals surface area contributed by atoms with E-state index in [9.17, 15) is 8.42 Å². The van der Waals surface area contributed by atoms with Gasteiger partial charge in [0.1, 0.15) is 0 Å². The summed E-state index contributed by atoms with van der Waals surface area (Å²) in [7, 11) is -1.62. The molecule has 1 unspecified atom stereocenters. The lowest BCUT2D eigenvalue weighted by Crippen LogP contribution is -2.48. The lowest BCUT2D eigenvalue weighted by atomic mass is 10.0. The fraction of sp³-hybridized carbons (Fsp3) is 1.00. The van der Waals surface area contributed by atoms with Crippen molar-refractivity contribution in [2.75, 3.05) is 38.0 Å². The quantitative estimate of drug-likeness (QED) is 0.673. The van der Waals surface area contributed by atoms with Crippen LogP contribution in [0.25, 0.3) is 0 Å². The minimum Gasteiger partial charge on any atom is -0.195 e. The van der Waals surface area contributed by atoms with Gasteiger partial charge < -0.3 is 0 Å². The van der Waals surface area contributed by atoms with Gasteiger partial charge in [-0.2, -0.15) is 28.8 Å². The van der Waals surface area contributed by atoms with Crippen LogP contribution in [0.1, 0.15) is 26.2 Å². The molecule has 0 N–H and O–H groups in total. The van der Waals surface area contributed by atoms with Crippen molar-refractivity contribution >= 4 is 33.6 Å². The molecule has 1 saturated heterocycles. The molecule has 0 aliphatic carbocycles. The van der Waals surface area contributed by atoms with Crippen LogP contribution in [0.15, 0.2) is 0 Å². The summed E-state index contributed by atoms with van der Waals surface area (Å²) in [4.78, 5) is 0. The second-order valence-corrected chi connectivity index (χ2v) is 8.43. The van der Waals surface area contributed by atoms with Gasteiger partial charge in [0.2, 0.25) is 0 Å². The second kappa shape index (κ2) is 8.08. The number of hydrogen-bond donors (Lipinski definition) is 0. The van der Waals surface area contributed by atoms with Crippen LogP contribution in [-0.2, 0) is 10.2 Å². The van der Waals surface area contributed by atoms with Gasteiger partial charge in [0, 0.05) is 32.1 Å². The van der Waals surface area contributed by atoms with Crippen LogP contribution >= 0.6 is 23.4 Å². The first-order valence-electron chi connectivity index (χ1n) is 6.71. The molecule has 4 nitrogen and oxygen atoms in total. The molecule has 1 atom stereocenters. The molecule has 1 fully saturated rings. The van der Waals surface area contributed by atoms with Crippen molar-refractivity contribution in [3.63, 3.8) is 0 Å². The zero-order valence-electron chi connectivity index (χ0n) is 12.0. The minimum absolute atomic E-state index is 0.0446. The number of rotatable bonds is 7. The highest BCUT2D eigenvalue weighted by Crippen LogP contribution is 2.23.